The van der Waals surface area contributed by atoms with Gasteiger partial charge in [-0.15, -0.1) is 0 Å². The van der Waals surface area contributed by atoms with Crippen LogP contribution in [0.4, 0.5) is 0 Å². The molecule has 0 spiro atoms. The van der Waals surface area contributed by atoms with Gasteiger partial charge in [-0.3, -0.25) is 4.98 Å². The number of ether oxygens (including phenoxy) is 1. The van der Waals surface area contributed by atoms with Gasteiger partial charge in [-0.1, -0.05) is 12.1 Å². The summed E-state index contributed by atoms with van der Waals surface area (Å²) in [6.07, 6.45) is 2.83. The summed E-state index contributed by atoms with van der Waals surface area (Å²) in [6, 6.07) is 15.7. The van der Waals surface area contributed by atoms with Crippen LogP contribution in [-0.2, 0) is 4.74 Å². The Morgan fingerprint density at radius 1 is 1.17 bits per heavy atom. The molecule has 0 radical (unpaired) electrons. The van der Waals surface area contributed by atoms with Gasteiger partial charge in [-0.25, -0.2) is 4.79 Å². The second kappa shape index (κ2) is 10.6. The maximum Gasteiger partial charge on any atom is 0.337 e. The number of hydrogen-bond acceptors (Lipinski definition) is 5. The van der Waals surface area contributed by atoms with E-state index in [0.717, 1.165) is 47.4 Å². The number of thiocarbonyl (C=S) groups is 1. The zero-order valence-corrected chi connectivity index (χ0v) is 21.8. The van der Waals surface area contributed by atoms with Crippen molar-refractivity contribution in [1.82, 2.24) is 24.7 Å². The normalized spacial score (nSPS) is 17.7. The zero-order chi connectivity index (χ0) is 25.1. The Bertz CT molecular complexity index is 1210. The molecule has 7 nitrogen and oxygen atoms in total. The smallest absolute Gasteiger partial charge is 0.337 e. The summed E-state index contributed by atoms with van der Waals surface area (Å²) in [5, 5.41) is 4.30. The molecule has 8 heteroatoms. The SMILES string of the molecule is COC(=O)c1cccc(-n2c(C)cc([C@@H]3[C@H](c4ccccn4)NC(=S)N3CCCN(C)C)c2C)c1. The fourth-order valence-electron chi connectivity index (χ4n) is 4.92. The minimum Gasteiger partial charge on any atom is -0.465 e. The van der Waals surface area contributed by atoms with E-state index >= 15 is 0 Å². The van der Waals surface area contributed by atoms with Gasteiger partial charge in [0.15, 0.2) is 5.11 Å². The molecule has 0 unspecified atom stereocenters. The molecule has 2 atom stereocenters. The first-order valence-corrected chi connectivity index (χ1v) is 12.2. The summed E-state index contributed by atoms with van der Waals surface area (Å²) in [5.41, 5.74) is 5.81. The molecule has 0 aliphatic carbocycles. The Labute approximate surface area is 212 Å². The van der Waals surface area contributed by atoms with Crippen LogP contribution in [-0.4, -0.2) is 64.7 Å². The highest BCUT2D eigenvalue weighted by atomic mass is 32.1. The van der Waals surface area contributed by atoms with Gasteiger partial charge in [0.25, 0.3) is 0 Å². The van der Waals surface area contributed by atoms with E-state index in [9.17, 15) is 4.79 Å². The summed E-state index contributed by atoms with van der Waals surface area (Å²) >= 11 is 5.82. The molecule has 0 bridgehead atoms. The standard InChI is InChI=1S/C27H33N5O2S/c1-18-16-22(19(2)32(18)21-11-8-10-20(17-21)26(33)34-5)25-24(23-12-6-7-13-28-23)29-27(35)31(25)15-9-14-30(3)4/h6-8,10-13,16-17,24-25H,9,14-15H2,1-5H3,(H,29,35)/t24-,25+/m0/s1. The lowest BCUT2D eigenvalue weighted by Gasteiger charge is -2.28. The van der Waals surface area contributed by atoms with E-state index in [1.54, 1.807) is 6.07 Å². The number of pyridine rings is 1. The summed E-state index contributed by atoms with van der Waals surface area (Å²) in [4.78, 5) is 21.3. The van der Waals surface area contributed by atoms with Crippen molar-refractivity contribution in [3.05, 3.63) is 82.9 Å². The van der Waals surface area contributed by atoms with Crippen molar-refractivity contribution in [2.45, 2.75) is 32.4 Å². The van der Waals surface area contributed by atoms with Gasteiger partial charge in [0, 0.05) is 29.8 Å². The molecule has 1 fully saturated rings. The Morgan fingerprint density at radius 3 is 2.66 bits per heavy atom. The summed E-state index contributed by atoms with van der Waals surface area (Å²) in [7, 11) is 5.58. The molecule has 0 amide bonds. The zero-order valence-electron chi connectivity index (χ0n) is 21.0. The molecule has 1 aliphatic heterocycles. The van der Waals surface area contributed by atoms with Crippen LogP contribution in [0, 0.1) is 13.8 Å². The van der Waals surface area contributed by atoms with Crippen LogP contribution in [0.15, 0.2) is 54.7 Å². The van der Waals surface area contributed by atoms with Gasteiger partial charge in [-0.2, -0.15) is 0 Å². The first-order valence-electron chi connectivity index (χ1n) is 11.8. The van der Waals surface area contributed by atoms with Crippen molar-refractivity contribution < 1.29 is 9.53 Å². The molecule has 0 saturated carbocycles. The number of nitrogens with zero attached hydrogens (tertiary/aromatic N) is 4. The van der Waals surface area contributed by atoms with Crippen molar-refractivity contribution in [3.8, 4) is 5.69 Å². The summed E-state index contributed by atoms with van der Waals surface area (Å²) < 4.78 is 7.12. The number of carbonyl (C=O) groups excluding carboxylic acids is 1. The van der Waals surface area contributed by atoms with Gasteiger partial charge in [0.2, 0.25) is 0 Å². The van der Waals surface area contributed by atoms with Crippen LogP contribution in [0.5, 0.6) is 0 Å². The minimum absolute atomic E-state index is 0.00306. The van der Waals surface area contributed by atoms with E-state index < -0.39 is 0 Å². The van der Waals surface area contributed by atoms with Crippen LogP contribution < -0.4 is 5.32 Å². The van der Waals surface area contributed by atoms with Crippen molar-refractivity contribution in [2.24, 2.45) is 0 Å². The molecule has 1 saturated heterocycles. The number of benzene rings is 1. The van der Waals surface area contributed by atoms with Gasteiger partial charge in [0.1, 0.15) is 0 Å². The summed E-state index contributed by atoms with van der Waals surface area (Å²) in [5.74, 6) is -0.345. The number of nitrogens with one attached hydrogen (secondary N) is 1. The number of rotatable bonds is 8. The van der Waals surface area contributed by atoms with Crippen molar-refractivity contribution in [2.75, 3.05) is 34.3 Å². The number of aryl methyl sites for hydroxylation is 1. The Hall–Kier alpha value is -3.23. The maximum absolute atomic E-state index is 12.1. The molecule has 184 valence electrons. The van der Waals surface area contributed by atoms with E-state index in [-0.39, 0.29) is 18.1 Å². The third-order valence-electron chi connectivity index (χ3n) is 6.52. The third kappa shape index (κ3) is 5.09. The van der Waals surface area contributed by atoms with Gasteiger partial charge in [0.05, 0.1) is 30.5 Å². The average molecular weight is 492 g/mol. The van der Waals surface area contributed by atoms with Crippen LogP contribution in [0.1, 0.15) is 51.5 Å². The van der Waals surface area contributed by atoms with Crippen LogP contribution in [0.3, 0.4) is 0 Å². The van der Waals surface area contributed by atoms with Crippen LogP contribution in [0.25, 0.3) is 5.69 Å². The average Bonchev–Trinajstić information content (AvgIpc) is 3.33. The fourth-order valence-corrected chi connectivity index (χ4v) is 5.25. The van der Waals surface area contributed by atoms with Crippen LogP contribution in [0.2, 0.25) is 0 Å². The number of methoxy groups -OCH3 is 1. The molecule has 2 aromatic heterocycles. The predicted octanol–water partition coefficient (Wildman–Crippen LogP) is 4.20. The molecule has 35 heavy (non-hydrogen) atoms. The molecular weight excluding hydrogens is 458 g/mol. The molecule has 1 aliphatic rings. The first-order chi connectivity index (χ1) is 16.8. The topological polar surface area (TPSA) is 62.6 Å². The van der Waals surface area contributed by atoms with Crippen LogP contribution >= 0.6 is 12.2 Å². The molecule has 1 aromatic carbocycles. The lowest BCUT2D eigenvalue weighted by Crippen LogP contribution is -2.32. The molecule has 4 rings (SSSR count). The second-order valence-corrected chi connectivity index (χ2v) is 9.57. The number of hydrogen-bond donors (Lipinski definition) is 1. The Kier molecular flexibility index (Phi) is 7.52. The van der Waals surface area contributed by atoms with Crippen molar-refractivity contribution >= 4 is 23.3 Å². The fraction of sp³-hybridized carbons (Fsp3) is 0.370. The lowest BCUT2D eigenvalue weighted by molar-refractivity contribution is 0.0600. The maximum atomic E-state index is 12.1. The van der Waals surface area contributed by atoms with Gasteiger partial charge in [-0.05, 0) is 95.1 Å². The largest absolute Gasteiger partial charge is 0.465 e. The quantitative estimate of drug-likeness (QED) is 0.374. The van der Waals surface area contributed by atoms with E-state index in [2.05, 4.69) is 64.7 Å². The second-order valence-electron chi connectivity index (χ2n) is 9.18. The highest BCUT2D eigenvalue weighted by molar-refractivity contribution is 7.80. The predicted molar refractivity (Wildman–Crippen MR) is 142 cm³/mol. The highest BCUT2D eigenvalue weighted by Crippen LogP contribution is 2.41. The van der Waals surface area contributed by atoms with E-state index in [1.165, 1.54) is 12.7 Å². The molecule has 3 heterocycles. The third-order valence-corrected chi connectivity index (χ3v) is 6.87. The highest BCUT2D eigenvalue weighted by Gasteiger charge is 2.41. The Morgan fingerprint density at radius 2 is 1.97 bits per heavy atom. The monoisotopic (exact) mass is 491 g/mol. The lowest BCUT2D eigenvalue weighted by atomic mass is 9.96. The minimum atomic E-state index is -0.345. The van der Waals surface area contributed by atoms with E-state index in [1.807, 2.05) is 36.5 Å². The Balaban J connectivity index is 1.77. The van der Waals surface area contributed by atoms with Crippen molar-refractivity contribution in [3.63, 3.8) is 0 Å². The number of esters is 1. The number of carbonyl (C=O) groups is 1. The van der Waals surface area contributed by atoms with E-state index in [0.29, 0.717) is 5.56 Å². The van der Waals surface area contributed by atoms with Crippen molar-refractivity contribution in [1.29, 1.82) is 0 Å². The molecular formula is C27H33N5O2S. The molecule has 3 aromatic rings. The van der Waals surface area contributed by atoms with E-state index in [4.69, 9.17) is 17.0 Å². The summed E-state index contributed by atoms with van der Waals surface area (Å²) in [6.45, 7) is 6.05. The number of aromatic nitrogens is 2. The van der Waals surface area contributed by atoms with Gasteiger partial charge >= 0.3 is 5.97 Å². The first kappa shape index (κ1) is 24.9. The molecule has 1 N–H and O–H groups in total. The van der Waals surface area contributed by atoms with Gasteiger partial charge < -0.3 is 24.4 Å².